The van der Waals surface area contributed by atoms with Crippen LogP contribution in [0.4, 0.5) is 16.2 Å². The molecule has 3 aromatic rings. The molecule has 2 amide bonds. The van der Waals surface area contributed by atoms with Crippen LogP contribution in [0.1, 0.15) is 35.7 Å². The first-order valence-electron chi connectivity index (χ1n) is 11.6. The van der Waals surface area contributed by atoms with Crippen LogP contribution in [0.3, 0.4) is 0 Å². The lowest BCUT2D eigenvalue weighted by atomic mass is 9.76. The Bertz CT molecular complexity index is 1220. The van der Waals surface area contributed by atoms with Gasteiger partial charge in [-0.15, -0.1) is 0 Å². The Hall–Kier alpha value is -3.97. The molecule has 0 spiro atoms. The second kappa shape index (κ2) is 10.5. The number of nitrogens with one attached hydrogen (secondary N) is 2. The van der Waals surface area contributed by atoms with Crippen LogP contribution in [-0.2, 0) is 20.7 Å². The van der Waals surface area contributed by atoms with Crippen molar-refractivity contribution >= 4 is 29.2 Å². The van der Waals surface area contributed by atoms with Crippen LogP contribution in [0.15, 0.2) is 72.8 Å². The van der Waals surface area contributed by atoms with Crippen LogP contribution in [-0.4, -0.2) is 37.1 Å². The third-order valence-electron chi connectivity index (χ3n) is 6.20. The summed E-state index contributed by atoms with van der Waals surface area (Å²) in [6.07, 6.45) is 0.933. The molecule has 1 aliphatic carbocycles. The summed E-state index contributed by atoms with van der Waals surface area (Å²) in [6.45, 7) is 2.00. The van der Waals surface area contributed by atoms with Crippen LogP contribution < -0.4 is 10.6 Å². The van der Waals surface area contributed by atoms with Gasteiger partial charge >= 0.3 is 12.0 Å². The number of Topliss-reactive ketones (excluding diaryl/α,β-unsaturated/α-hetero) is 1. The Kier molecular flexibility index (Phi) is 7.27. The predicted molar refractivity (Wildman–Crippen MR) is 135 cm³/mol. The molecule has 1 unspecified atom stereocenters. The van der Waals surface area contributed by atoms with Gasteiger partial charge in [-0.2, -0.15) is 0 Å². The number of anilines is 2. The highest BCUT2D eigenvalue weighted by molar-refractivity contribution is 6.06. The van der Waals surface area contributed by atoms with Crippen LogP contribution in [0.25, 0.3) is 11.1 Å². The van der Waals surface area contributed by atoms with Crippen LogP contribution in [0.2, 0.25) is 0 Å². The number of esters is 1. The molecule has 7 heteroatoms. The Morgan fingerprint density at radius 1 is 0.914 bits per heavy atom. The van der Waals surface area contributed by atoms with Crippen molar-refractivity contribution in [1.29, 1.82) is 0 Å². The highest BCUT2D eigenvalue weighted by atomic mass is 16.5. The third-order valence-corrected chi connectivity index (χ3v) is 6.20. The molecule has 0 aliphatic heterocycles. The van der Waals surface area contributed by atoms with Gasteiger partial charge in [0.25, 0.3) is 0 Å². The molecule has 0 radical (unpaired) electrons. The number of aryl methyl sites for hydroxylation is 1. The molecule has 0 heterocycles. The zero-order chi connectivity index (χ0) is 24.8. The number of carbonyl (C=O) groups is 3. The molecule has 3 aromatic carbocycles. The predicted octanol–water partition coefficient (Wildman–Crippen LogP) is 5.46. The second-order valence-corrected chi connectivity index (χ2v) is 8.40. The quantitative estimate of drug-likeness (QED) is 0.445. The maximum absolute atomic E-state index is 13.3. The minimum absolute atomic E-state index is 0.0936. The fourth-order valence-electron chi connectivity index (χ4n) is 4.34. The molecular weight excluding hydrogens is 444 g/mol. The van der Waals surface area contributed by atoms with Crippen LogP contribution >= 0.6 is 0 Å². The van der Waals surface area contributed by atoms with E-state index in [1.165, 1.54) is 7.11 Å². The molecule has 7 nitrogen and oxygen atoms in total. The number of amides is 2. The summed E-state index contributed by atoms with van der Waals surface area (Å²) in [7, 11) is 1.46. The molecule has 0 saturated heterocycles. The number of hydrogen-bond acceptors (Lipinski definition) is 5. The SMILES string of the molecule is CCOC(=O)CC1(OC)CCc2cc(-c3ccc(NC(=O)Nc4ccccc4)cc3)ccc2C1=O. The van der Waals surface area contributed by atoms with Gasteiger partial charge in [-0.25, -0.2) is 4.79 Å². The van der Waals surface area contributed by atoms with E-state index in [0.29, 0.717) is 29.8 Å². The Morgan fingerprint density at radius 2 is 1.57 bits per heavy atom. The van der Waals surface area contributed by atoms with Gasteiger partial charge < -0.3 is 20.1 Å². The van der Waals surface area contributed by atoms with Gasteiger partial charge in [0.15, 0.2) is 5.78 Å². The summed E-state index contributed by atoms with van der Waals surface area (Å²) in [5, 5.41) is 5.60. The summed E-state index contributed by atoms with van der Waals surface area (Å²) in [5.41, 5.74) is 3.62. The van der Waals surface area contributed by atoms with E-state index in [9.17, 15) is 14.4 Å². The standard InChI is InChI=1S/C28H28N2O5/c1-3-35-25(31)18-28(34-2)16-15-21-17-20(11-14-24(21)26(28)32)19-9-12-23(13-10-19)30-27(33)29-22-7-5-4-6-8-22/h4-14,17H,3,15-16,18H2,1-2H3,(H2,29,30,33). The number of methoxy groups -OCH3 is 1. The van der Waals surface area contributed by atoms with E-state index >= 15 is 0 Å². The molecule has 1 atom stereocenters. The monoisotopic (exact) mass is 472 g/mol. The van der Waals surface area contributed by atoms with E-state index in [-0.39, 0.29) is 24.8 Å². The van der Waals surface area contributed by atoms with Crippen molar-refractivity contribution in [2.75, 3.05) is 24.4 Å². The van der Waals surface area contributed by atoms with Crippen molar-refractivity contribution in [3.8, 4) is 11.1 Å². The zero-order valence-electron chi connectivity index (χ0n) is 19.8. The van der Waals surface area contributed by atoms with E-state index < -0.39 is 11.6 Å². The number of urea groups is 1. The van der Waals surface area contributed by atoms with E-state index in [0.717, 1.165) is 16.7 Å². The molecule has 1 aliphatic rings. The molecule has 35 heavy (non-hydrogen) atoms. The molecule has 0 bridgehead atoms. The second-order valence-electron chi connectivity index (χ2n) is 8.40. The van der Waals surface area contributed by atoms with Gasteiger partial charge in [-0.3, -0.25) is 9.59 Å². The summed E-state index contributed by atoms with van der Waals surface area (Å²) >= 11 is 0. The fraction of sp³-hybridized carbons (Fsp3) is 0.250. The first-order valence-corrected chi connectivity index (χ1v) is 11.6. The van der Waals surface area contributed by atoms with E-state index in [2.05, 4.69) is 10.6 Å². The average Bonchev–Trinajstić information content (AvgIpc) is 2.87. The number of carbonyl (C=O) groups excluding carboxylic acids is 3. The van der Waals surface area contributed by atoms with Crippen molar-refractivity contribution in [2.24, 2.45) is 0 Å². The number of ether oxygens (including phenoxy) is 2. The first-order chi connectivity index (χ1) is 16.9. The van der Waals surface area contributed by atoms with Crippen molar-refractivity contribution in [3.63, 3.8) is 0 Å². The van der Waals surface area contributed by atoms with Gasteiger partial charge in [0.1, 0.15) is 5.60 Å². The van der Waals surface area contributed by atoms with Gasteiger partial charge in [-0.05, 0) is 60.7 Å². The lowest BCUT2D eigenvalue weighted by Gasteiger charge is -2.34. The molecule has 4 rings (SSSR count). The summed E-state index contributed by atoms with van der Waals surface area (Å²) in [5.74, 6) is -0.626. The molecular formula is C28H28N2O5. The van der Waals surface area contributed by atoms with Crippen molar-refractivity contribution in [1.82, 2.24) is 0 Å². The summed E-state index contributed by atoms with van der Waals surface area (Å²) in [6, 6.07) is 22.1. The average molecular weight is 473 g/mol. The molecule has 0 saturated carbocycles. The van der Waals surface area contributed by atoms with Crippen LogP contribution in [0, 0.1) is 0 Å². The minimum Gasteiger partial charge on any atom is -0.466 e. The lowest BCUT2D eigenvalue weighted by Crippen LogP contribution is -2.46. The smallest absolute Gasteiger partial charge is 0.323 e. The Balaban J connectivity index is 1.46. The van der Waals surface area contributed by atoms with E-state index in [1.807, 2.05) is 66.7 Å². The molecule has 0 fully saturated rings. The topological polar surface area (TPSA) is 93.7 Å². The fourth-order valence-corrected chi connectivity index (χ4v) is 4.34. The van der Waals surface area contributed by atoms with Crippen molar-refractivity contribution in [3.05, 3.63) is 83.9 Å². The van der Waals surface area contributed by atoms with Crippen molar-refractivity contribution in [2.45, 2.75) is 31.8 Å². The lowest BCUT2D eigenvalue weighted by molar-refractivity contribution is -0.148. The van der Waals surface area contributed by atoms with Crippen molar-refractivity contribution < 1.29 is 23.9 Å². The molecule has 0 aromatic heterocycles. The number of benzene rings is 3. The van der Waals surface area contributed by atoms with Gasteiger partial charge in [-0.1, -0.05) is 48.5 Å². The maximum Gasteiger partial charge on any atom is 0.323 e. The number of hydrogen-bond donors (Lipinski definition) is 2. The zero-order valence-corrected chi connectivity index (χ0v) is 19.8. The van der Waals surface area contributed by atoms with E-state index in [1.54, 1.807) is 13.0 Å². The number of para-hydroxylation sites is 1. The highest BCUT2D eigenvalue weighted by Crippen LogP contribution is 2.36. The Labute approximate surface area is 204 Å². The highest BCUT2D eigenvalue weighted by Gasteiger charge is 2.45. The molecule has 180 valence electrons. The van der Waals surface area contributed by atoms with Gasteiger partial charge in [0.05, 0.1) is 13.0 Å². The number of ketones is 1. The Morgan fingerprint density at radius 3 is 2.23 bits per heavy atom. The van der Waals surface area contributed by atoms with Gasteiger partial charge in [0.2, 0.25) is 0 Å². The first kappa shape index (κ1) is 24.2. The normalized spacial score (nSPS) is 16.8. The maximum atomic E-state index is 13.3. The third kappa shape index (κ3) is 5.41. The largest absolute Gasteiger partial charge is 0.466 e. The number of rotatable bonds is 7. The minimum atomic E-state index is -1.19. The summed E-state index contributed by atoms with van der Waals surface area (Å²) in [4.78, 5) is 37.5. The van der Waals surface area contributed by atoms with Gasteiger partial charge in [0, 0.05) is 24.0 Å². The number of fused-ring (bicyclic) bond motifs is 1. The summed E-state index contributed by atoms with van der Waals surface area (Å²) < 4.78 is 10.6. The van der Waals surface area contributed by atoms with E-state index in [4.69, 9.17) is 9.47 Å². The molecule has 2 N–H and O–H groups in total. The van der Waals surface area contributed by atoms with Crippen LogP contribution in [0.5, 0.6) is 0 Å².